The summed E-state index contributed by atoms with van der Waals surface area (Å²) in [6.45, 7) is -3.04. The molecule has 17 heavy (non-hydrogen) atoms. The molecule has 0 atom stereocenters. The number of aliphatic hydroxyl groups is 6. The molecule has 104 valence electrons. The highest BCUT2D eigenvalue weighted by Crippen LogP contribution is 2.31. The van der Waals surface area contributed by atoms with E-state index in [4.69, 9.17) is 20.1 Å². The lowest BCUT2D eigenvalue weighted by Gasteiger charge is -2.42. The highest BCUT2D eigenvalue weighted by Gasteiger charge is 2.49. The number of hydrogen-bond donors (Lipinski definition) is 6. The average molecular weight is 254 g/mol. The topological polar surface area (TPSA) is 131 Å². The van der Waals surface area contributed by atoms with Gasteiger partial charge in [-0.2, -0.15) is 0 Å². The van der Waals surface area contributed by atoms with E-state index in [1.807, 2.05) is 0 Å². The van der Waals surface area contributed by atoms with Crippen molar-refractivity contribution in [1.29, 1.82) is 0 Å². The van der Waals surface area contributed by atoms with Gasteiger partial charge in [0.1, 0.15) is 5.60 Å². The first-order valence-electron chi connectivity index (χ1n) is 5.40. The standard InChI is InChI=1S/C10H22O7/c11-2-1-3-17-8-9(4-12,5-13)10(16,6-14)7-15/h11-16H,1-8H2. The van der Waals surface area contributed by atoms with E-state index in [0.29, 0.717) is 6.42 Å². The highest BCUT2D eigenvalue weighted by atomic mass is 16.5. The molecule has 7 heteroatoms. The summed E-state index contributed by atoms with van der Waals surface area (Å²) in [5, 5.41) is 55.1. The zero-order chi connectivity index (χ0) is 13.4. The smallest absolute Gasteiger partial charge is 0.123 e. The third kappa shape index (κ3) is 3.85. The fraction of sp³-hybridized carbons (Fsp3) is 1.00. The van der Waals surface area contributed by atoms with Crippen molar-refractivity contribution in [1.82, 2.24) is 0 Å². The molecule has 0 aromatic carbocycles. The third-order valence-electron chi connectivity index (χ3n) is 2.94. The molecule has 0 aliphatic heterocycles. The van der Waals surface area contributed by atoms with Gasteiger partial charge in [0.15, 0.2) is 0 Å². The molecule has 0 aliphatic carbocycles. The Morgan fingerprint density at radius 3 is 1.71 bits per heavy atom. The lowest BCUT2D eigenvalue weighted by molar-refractivity contribution is -0.197. The molecule has 0 rings (SSSR count). The summed E-state index contributed by atoms with van der Waals surface area (Å²) >= 11 is 0. The van der Waals surface area contributed by atoms with Crippen molar-refractivity contribution in [2.24, 2.45) is 5.41 Å². The average Bonchev–Trinajstić information content (AvgIpc) is 2.38. The van der Waals surface area contributed by atoms with E-state index >= 15 is 0 Å². The van der Waals surface area contributed by atoms with Crippen LogP contribution in [0.2, 0.25) is 0 Å². The van der Waals surface area contributed by atoms with Gasteiger partial charge in [-0.05, 0) is 6.42 Å². The monoisotopic (exact) mass is 254 g/mol. The molecule has 6 N–H and O–H groups in total. The molecule has 0 bridgehead atoms. The molecule has 0 aliphatic rings. The van der Waals surface area contributed by atoms with Crippen molar-refractivity contribution < 1.29 is 35.4 Å². The van der Waals surface area contributed by atoms with Crippen LogP contribution in [0.1, 0.15) is 6.42 Å². The minimum atomic E-state index is -2.03. The summed E-state index contributed by atoms with van der Waals surface area (Å²) in [5.74, 6) is 0. The second kappa shape index (κ2) is 7.93. The molecule has 0 spiro atoms. The molecule has 0 aromatic rings. The van der Waals surface area contributed by atoms with Crippen LogP contribution in [-0.4, -0.2) is 82.5 Å². The van der Waals surface area contributed by atoms with Crippen molar-refractivity contribution in [3.63, 3.8) is 0 Å². The maximum atomic E-state index is 9.95. The van der Waals surface area contributed by atoms with Crippen LogP contribution in [0.5, 0.6) is 0 Å². The number of aliphatic hydroxyl groups excluding tert-OH is 5. The molecule has 0 unspecified atom stereocenters. The van der Waals surface area contributed by atoms with Crippen LogP contribution in [-0.2, 0) is 4.74 Å². The molecule has 0 amide bonds. The van der Waals surface area contributed by atoms with Gasteiger partial charge >= 0.3 is 0 Å². The van der Waals surface area contributed by atoms with Crippen molar-refractivity contribution in [2.75, 3.05) is 46.2 Å². The van der Waals surface area contributed by atoms with Gasteiger partial charge in [0.2, 0.25) is 0 Å². The Hall–Kier alpha value is -0.280. The van der Waals surface area contributed by atoms with E-state index in [1.54, 1.807) is 0 Å². The normalized spacial score (nSPS) is 13.1. The fourth-order valence-corrected chi connectivity index (χ4v) is 1.39. The quantitative estimate of drug-likeness (QED) is 0.230. The van der Waals surface area contributed by atoms with E-state index < -0.39 is 37.4 Å². The maximum absolute atomic E-state index is 9.95. The van der Waals surface area contributed by atoms with E-state index in [1.165, 1.54) is 0 Å². The lowest BCUT2D eigenvalue weighted by atomic mass is 9.74. The molecule has 0 fully saturated rings. The molecule has 0 saturated heterocycles. The molecule has 0 saturated carbocycles. The predicted molar refractivity (Wildman–Crippen MR) is 58.2 cm³/mol. The third-order valence-corrected chi connectivity index (χ3v) is 2.94. The summed E-state index contributed by atoms with van der Waals surface area (Å²) in [6.07, 6.45) is 0.379. The molecule has 0 radical (unpaired) electrons. The molecule has 0 aromatic heterocycles. The van der Waals surface area contributed by atoms with Crippen molar-refractivity contribution in [2.45, 2.75) is 12.0 Å². The summed E-state index contributed by atoms with van der Waals surface area (Å²) in [7, 11) is 0. The minimum Gasteiger partial charge on any atom is -0.396 e. The van der Waals surface area contributed by atoms with E-state index in [-0.39, 0.29) is 19.8 Å². The van der Waals surface area contributed by atoms with Crippen LogP contribution in [0.15, 0.2) is 0 Å². The summed E-state index contributed by atoms with van der Waals surface area (Å²) < 4.78 is 5.11. The SMILES string of the molecule is OCCCOCC(CO)(CO)C(O)(CO)CO. The Morgan fingerprint density at radius 1 is 0.824 bits per heavy atom. The summed E-state index contributed by atoms with van der Waals surface area (Å²) in [5.41, 5.74) is -3.58. The Kier molecular flexibility index (Phi) is 7.80. The van der Waals surface area contributed by atoms with Crippen LogP contribution in [0, 0.1) is 5.41 Å². The number of rotatable bonds is 10. The van der Waals surface area contributed by atoms with Crippen molar-refractivity contribution >= 4 is 0 Å². The predicted octanol–water partition coefficient (Wildman–Crippen LogP) is -2.93. The first kappa shape index (κ1) is 16.7. The van der Waals surface area contributed by atoms with Crippen LogP contribution in [0.3, 0.4) is 0 Å². The maximum Gasteiger partial charge on any atom is 0.123 e. The van der Waals surface area contributed by atoms with Gasteiger partial charge in [0, 0.05) is 13.2 Å². The second-order valence-electron chi connectivity index (χ2n) is 4.07. The molecule has 0 heterocycles. The van der Waals surface area contributed by atoms with Gasteiger partial charge in [-0.1, -0.05) is 0 Å². The first-order chi connectivity index (χ1) is 8.05. The summed E-state index contributed by atoms with van der Waals surface area (Å²) in [4.78, 5) is 0. The van der Waals surface area contributed by atoms with Crippen molar-refractivity contribution in [3.8, 4) is 0 Å². The minimum absolute atomic E-state index is 0.0600. The largest absolute Gasteiger partial charge is 0.396 e. The van der Waals surface area contributed by atoms with Crippen LogP contribution >= 0.6 is 0 Å². The van der Waals surface area contributed by atoms with Gasteiger partial charge in [-0.15, -0.1) is 0 Å². The number of hydrogen-bond acceptors (Lipinski definition) is 7. The number of ether oxygens (including phenoxy) is 1. The Balaban J connectivity index is 4.64. The fourth-order valence-electron chi connectivity index (χ4n) is 1.39. The van der Waals surface area contributed by atoms with Gasteiger partial charge in [-0.25, -0.2) is 0 Å². The van der Waals surface area contributed by atoms with E-state index in [0.717, 1.165) is 0 Å². The first-order valence-corrected chi connectivity index (χ1v) is 5.40. The second-order valence-corrected chi connectivity index (χ2v) is 4.07. The Bertz CT molecular complexity index is 189. The van der Waals surface area contributed by atoms with E-state index in [9.17, 15) is 15.3 Å². The Labute approximate surface area is 99.9 Å². The zero-order valence-corrected chi connectivity index (χ0v) is 9.75. The molecular formula is C10H22O7. The zero-order valence-electron chi connectivity index (χ0n) is 9.75. The lowest BCUT2D eigenvalue weighted by Crippen LogP contribution is -2.60. The highest BCUT2D eigenvalue weighted by molar-refractivity contribution is 4.98. The molecular weight excluding hydrogens is 232 g/mol. The van der Waals surface area contributed by atoms with Gasteiger partial charge in [-0.3, -0.25) is 0 Å². The van der Waals surface area contributed by atoms with Crippen LogP contribution in [0.4, 0.5) is 0 Å². The van der Waals surface area contributed by atoms with Gasteiger partial charge < -0.3 is 35.4 Å². The molecule has 7 nitrogen and oxygen atoms in total. The van der Waals surface area contributed by atoms with Crippen molar-refractivity contribution in [3.05, 3.63) is 0 Å². The summed E-state index contributed by atoms with van der Waals surface area (Å²) in [6, 6.07) is 0. The van der Waals surface area contributed by atoms with Crippen LogP contribution in [0.25, 0.3) is 0 Å². The van der Waals surface area contributed by atoms with Crippen LogP contribution < -0.4 is 0 Å². The van der Waals surface area contributed by atoms with Gasteiger partial charge in [0.05, 0.1) is 38.4 Å². The Morgan fingerprint density at radius 2 is 1.35 bits per heavy atom. The van der Waals surface area contributed by atoms with Gasteiger partial charge in [0.25, 0.3) is 0 Å². The van der Waals surface area contributed by atoms with E-state index in [2.05, 4.69) is 0 Å².